The van der Waals surface area contributed by atoms with Crippen molar-refractivity contribution in [1.82, 2.24) is 0 Å². The number of aliphatic hydroxyl groups excluding tert-OH is 1. The number of esters is 1. The Kier molecular flexibility index (Phi) is 6.16. The smallest absolute Gasteiger partial charge is 0.306 e. The van der Waals surface area contributed by atoms with E-state index in [2.05, 4.69) is 0 Å². The number of carbonyl (C=O) groups excluding carboxylic acids is 3. The lowest BCUT2D eigenvalue weighted by atomic mass is 9.44. The summed E-state index contributed by atoms with van der Waals surface area (Å²) >= 11 is 0.396. The third-order valence-electron chi connectivity index (χ3n) is 9.22. The van der Waals surface area contributed by atoms with E-state index in [1.807, 2.05) is 0 Å². The Morgan fingerprint density at radius 3 is 2.56 bits per heavy atom. The molecule has 0 aromatic carbocycles. The first-order valence-corrected chi connectivity index (χ1v) is 12.7. The maximum absolute atomic E-state index is 17.2. The van der Waals surface area contributed by atoms with E-state index >= 15 is 8.78 Å². The molecule has 0 radical (unpaired) electrons. The summed E-state index contributed by atoms with van der Waals surface area (Å²) in [6.45, 7) is 6.45. The molecule has 0 aliphatic heterocycles. The summed E-state index contributed by atoms with van der Waals surface area (Å²) in [6.07, 6.45) is 0.160. The third-order valence-corrected chi connectivity index (χ3v) is 9.90. The second kappa shape index (κ2) is 8.22. The van der Waals surface area contributed by atoms with Gasteiger partial charge in [0.05, 0.1) is 6.10 Å². The van der Waals surface area contributed by atoms with Gasteiger partial charge in [0.1, 0.15) is 12.2 Å². The van der Waals surface area contributed by atoms with Crippen molar-refractivity contribution in [3.8, 4) is 0 Å². The number of alkyl halides is 3. The molecule has 0 amide bonds. The molecule has 4 aliphatic rings. The number of hydrogen-bond donors (Lipinski definition) is 1. The zero-order valence-corrected chi connectivity index (χ0v) is 20.6. The lowest BCUT2D eigenvalue weighted by Gasteiger charge is -2.63. The van der Waals surface area contributed by atoms with Crippen molar-refractivity contribution in [2.24, 2.45) is 28.6 Å². The van der Waals surface area contributed by atoms with Crippen LogP contribution in [0.1, 0.15) is 53.4 Å². The summed E-state index contributed by atoms with van der Waals surface area (Å²) in [5.74, 6) is -3.30. The number of carbonyl (C=O) groups is 3. The van der Waals surface area contributed by atoms with E-state index in [9.17, 15) is 23.9 Å². The molecule has 34 heavy (non-hydrogen) atoms. The Bertz CT molecular complexity index is 984. The van der Waals surface area contributed by atoms with E-state index in [4.69, 9.17) is 4.74 Å². The molecule has 4 rings (SSSR count). The van der Waals surface area contributed by atoms with Crippen molar-refractivity contribution in [1.29, 1.82) is 0 Å². The number of thioether (sulfide) groups is 1. The summed E-state index contributed by atoms with van der Waals surface area (Å²) in [5, 5.41) is 10.7. The van der Waals surface area contributed by atoms with Gasteiger partial charge < -0.3 is 9.84 Å². The number of aliphatic hydroxyl groups is 1. The van der Waals surface area contributed by atoms with Crippen molar-refractivity contribution >= 4 is 28.6 Å². The summed E-state index contributed by atoms with van der Waals surface area (Å²) in [4.78, 5) is 37.8. The molecule has 0 aromatic heterocycles. The highest BCUT2D eigenvalue weighted by molar-refractivity contribution is 8.13. The quantitative estimate of drug-likeness (QED) is 0.576. The van der Waals surface area contributed by atoms with Crippen LogP contribution in [-0.4, -0.2) is 51.5 Å². The zero-order valence-electron chi connectivity index (χ0n) is 19.8. The number of hydrogen-bond acceptors (Lipinski definition) is 6. The molecular weight excluding hydrogens is 469 g/mol. The van der Waals surface area contributed by atoms with E-state index in [0.717, 1.165) is 6.08 Å². The Hall–Kier alpha value is -1.61. The molecule has 0 saturated heterocycles. The molecule has 0 bridgehead atoms. The highest BCUT2D eigenvalue weighted by Crippen LogP contribution is 2.72. The van der Waals surface area contributed by atoms with E-state index in [0.29, 0.717) is 11.8 Å². The van der Waals surface area contributed by atoms with Crippen LogP contribution in [0.25, 0.3) is 0 Å². The van der Waals surface area contributed by atoms with Gasteiger partial charge in [-0.25, -0.2) is 13.2 Å². The minimum absolute atomic E-state index is 0.0141. The topological polar surface area (TPSA) is 80.7 Å². The predicted octanol–water partition coefficient (Wildman–Crippen LogP) is 4.43. The minimum Gasteiger partial charge on any atom is -0.449 e. The van der Waals surface area contributed by atoms with Gasteiger partial charge in [0.25, 0.3) is 0 Å². The molecule has 0 heterocycles. The van der Waals surface area contributed by atoms with Crippen LogP contribution in [0.3, 0.4) is 0 Å². The van der Waals surface area contributed by atoms with Crippen LogP contribution in [0.5, 0.6) is 0 Å². The summed E-state index contributed by atoms with van der Waals surface area (Å²) in [5.41, 5.74) is -6.84. The Morgan fingerprint density at radius 1 is 1.26 bits per heavy atom. The van der Waals surface area contributed by atoms with Gasteiger partial charge in [-0.05, 0) is 61.6 Å². The van der Waals surface area contributed by atoms with Crippen LogP contribution in [0.15, 0.2) is 23.8 Å². The van der Waals surface area contributed by atoms with E-state index in [-0.39, 0.29) is 31.3 Å². The van der Waals surface area contributed by atoms with Gasteiger partial charge in [0.15, 0.2) is 17.1 Å². The van der Waals surface area contributed by atoms with Crippen molar-refractivity contribution in [2.75, 3.05) is 6.01 Å². The van der Waals surface area contributed by atoms with Gasteiger partial charge in [0.2, 0.25) is 5.12 Å². The average Bonchev–Trinajstić information content (AvgIpc) is 2.99. The second-order valence-electron chi connectivity index (χ2n) is 10.6. The fourth-order valence-corrected chi connectivity index (χ4v) is 8.42. The van der Waals surface area contributed by atoms with Crippen molar-refractivity contribution in [3.63, 3.8) is 0 Å². The Labute approximate surface area is 201 Å². The van der Waals surface area contributed by atoms with Crippen LogP contribution in [-0.2, 0) is 19.1 Å². The van der Waals surface area contributed by atoms with Crippen molar-refractivity contribution < 1.29 is 37.4 Å². The summed E-state index contributed by atoms with van der Waals surface area (Å²) in [7, 11) is 0. The van der Waals surface area contributed by atoms with E-state index in [1.54, 1.807) is 20.8 Å². The molecular formula is C25H31F3O5S. The number of allylic oxidation sites excluding steroid dienone is 4. The normalized spacial score (nSPS) is 47.4. The highest BCUT2D eigenvalue weighted by Gasteiger charge is 2.78. The number of halogens is 3. The number of rotatable bonds is 4. The number of ether oxygens (including phenoxy) is 1. The number of fused-ring (bicyclic) bond motifs is 5. The Balaban J connectivity index is 1.87. The first-order valence-electron chi connectivity index (χ1n) is 11.7. The van der Waals surface area contributed by atoms with Gasteiger partial charge in [-0.2, -0.15) is 0 Å². The molecule has 1 N–H and O–H groups in total. The summed E-state index contributed by atoms with van der Waals surface area (Å²) in [6, 6.07) is -1.02. The molecule has 0 aromatic rings. The molecule has 9 atom stereocenters. The average molecular weight is 501 g/mol. The molecule has 188 valence electrons. The van der Waals surface area contributed by atoms with Gasteiger partial charge in [-0.3, -0.25) is 14.4 Å². The van der Waals surface area contributed by atoms with Gasteiger partial charge in [0, 0.05) is 29.1 Å². The van der Waals surface area contributed by atoms with Crippen LogP contribution in [0.4, 0.5) is 13.2 Å². The first kappa shape index (κ1) is 25.5. The molecule has 4 aliphatic carbocycles. The Morgan fingerprint density at radius 2 is 1.94 bits per heavy atom. The molecule has 3 saturated carbocycles. The van der Waals surface area contributed by atoms with Crippen molar-refractivity contribution in [2.45, 2.75) is 76.9 Å². The van der Waals surface area contributed by atoms with E-state index in [1.165, 1.54) is 19.1 Å². The fourth-order valence-electron chi connectivity index (χ4n) is 7.63. The van der Waals surface area contributed by atoms with Gasteiger partial charge in [-0.15, -0.1) is 0 Å². The van der Waals surface area contributed by atoms with Gasteiger partial charge >= 0.3 is 5.97 Å². The van der Waals surface area contributed by atoms with Crippen LogP contribution in [0.2, 0.25) is 0 Å². The third kappa shape index (κ3) is 3.01. The fraction of sp³-hybridized carbons (Fsp3) is 0.720. The maximum Gasteiger partial charge on any atom is 0.306 e. The minimum atomic E-state index is -2.30. The lowest BCUT2D eigenvalue weighted by molar-refractivity contribution is -0.228. The predicted molar refractivity (Wildman–Crippen MR) is 121 cm³/mol. The molecule has 0 spiro atoms. The standard InChI is InChI=1S/C25H31F3O5S/c1-5-20(31)33-25(21(32)34-12-26)13(2)8-15-16-10-18(27)17-9-14(29)6-7-22(17,3)24(16,28)19(30)11-23(15,25)4/h6-7,9,13,15-16,18-19,30H,5,8,10-12H2,1-4H3/t13-,15+,16-,18+,19-,22-,23-,24+,25?/m0/s1. The summed E-state index contributed by atoms with van der Waals surface area (Å²) < 4.78 is 51.8. The number of ketones is 1. The lowest BCUT2D eigenvalue weighted by Crippen LogP contribution is -2.70. The molecule has 1 unspecified atom stereocenters. The van der Waals surface area contributed by atoms with Crippen molar-refractivity contribution in [3.05, 3.63) is 23.8 Å². The van der Waals surface area contributed by atoms with Gasteiger partial charge in [-0.1, -0.05) is 26.8 Å². The second-order valence-corrected chi connectivity index (χ2v) is 11.5. The van der Waals surface area contributed by atoms with Crippen LogP contribution < -0.4 is 0 Å². The molecule has 3 fully saturated rings. The molecule has 9 heteroatoms. The maximum atomic E-state index is 17.2. The first-order chi connectivity index (χ1) is 15.8. The SMILES string of the molecule is CCC(=O)OC1(C(=O)SCF)[C@@H](C)C[C@@H]2[C@@H]3C[C@@H](F)C4=CC(=O)C=C[C@]4(C)[C@]3(F)[C@@H](O)C[C@@]21C. The monoisotopic (exact) mass is 500 g/mol. The highest BCUT2D eigenvalue weighted by atomic mass is 32.2. The van der Waals surface area contributed by atoms with E-state index < -0.39 is 75.0 Å². The molecule has 5 nitrogen and oxygen atoms in total. The van der Waals surface area contributed by atoms with Crippen LogP contribution in [0, 0.1) is 28.6 Å². The van der Waals surface area contributed by atoms with Crippen LogP contribution >= 0.6 is 11.8 Å². The zero-order chi connectivity index (χ0) is 25.3. The largest absolute Gasteiger partial charge is 0.449 e.